The molecule has 1 saturated heterocycles. The number of pyridine rings is 1. The maximum Gasteiger partial charge on any atom is 0.271 e. The molecule has 7 nitrogen and oxygen atoms in total. The van der Waals surface area contributed by atoms with Gasteiger partial charge in [-0.05, 0) is 56.0 Å². The molecule has 1 N–H and O–H groups in total. The summed E-state index contributed by atoms with van der Waals surface area (Å²) in [6.07, 6.45) is 4.68. The molecule has 1 aromatic carbocycles. The van der Waals surface area contributed by atoms with Gasteiger partial charge in [-0.3, -0.25) is 19.1 Å². The number of likely N-dealkylation sites (tertiary alicyclic amines) is 1. The molecule has 0 atom stereocenters. The monoisotopic (exact) mass is 378 g/mol. The number of hydrogen-bond donors (Lipinski definition) is 1. The molecule has 1 fully saturated rings. The second kappa shape index (κ2) is 8.09. The van der Waals surface area contributed by atoms with Gasteiger partial charge < -0.3 is 10.0 Å². The Hall–Kier alpha value is -3.40. The Bertz CT molecular complexity index is 1020. The highest BCUT2D eigenvalue weighted by Gasteiger charge is 2.18. The van der Waals surface area contributed by atoms with E-state index in [9.17, 15) is 20.0 Å². The minimum atomic E-state index is -0.546. The van der Waals surface area contributed by atoms with Crippen LogP contribution in [0.4, 0.5) is 5.69 Å². The fourth-order valence-corrected chi connectivity index (χ4v) is 3.30. The molecular formula is C21H22N4O3. The van der Waals surface area contributed by atoms with Gasteiger partial charge >= 0.3 is 0 Å². The van der Waals surface area contributed by atoms with Gasteiger partial charge in [0.2, 0.25) is 5.88 Å². The van der Waals surface area contributed by atoms with E-state index >= 15 is 0 Å². The first-order valence-electron chi connectivity index (χ1n) is 9.20. The summed E-state index contributed by atoms with van der Waals surface area (Å²) in [6.45, 7) is 3.19. The van der Waals surface area contributed by atoms with E-state index in [1.54, 1.807) is 31.2 Å². The maximum atomic E-state index is 12.5. The van der Waals surface area contributed by atoms with E-state index in [4.69, 9.17) is 0 Å². The SMILES string of the molecule is Cc1c(C=Nc2ccc(C(=O)N3CCCCC3)cc2)c(O)n(C)c(=O)c1C#N. The highest BCUT2D eigenvalue weighted by molar-refractivity contribution is 5.94. The highest BCUT2D eigenvalue weighted by Crippen LogP contribution is 2.21. The fraction of sp³-hybridized carbons (Fsp3) is 0.333. The average molecular weight is 378 g/mol. The zero-order chi connectivity index (χ0) is 20.3. The van der Waals surface area contributed by atoms with E-state index in [2.05, 4.69) is 4.99 Å². The third-order valence-electron chi connectivity index (χ3n) is 5.07. The quantitative estimate of drug-likeness (QED) is 0.830. The first-order valence-corrected chi connectivity index (χ1v) is 9.20. The van der Waals surface area contributed by atoms with Crippen LogP contribution < -0.4 is 5.56 Å². The third kappa shape index (κ3) is 3.67. The standard InChI is InChI=1S/C21H22N4O3/c1-14-17(12-22)20(27)24(2)21(28)18(14)13-23-16-8-6-15(7-9-16)19(26)25-10-4-3-5-11-25/h6-9,13,28H,3-5,10-11H2,1-2H3. The van der Waals surface area contributed by atoms with Crippen LogP contribution in [0.3, 0.4) is 0 Å². The lowest BCUT2D eigenvalue weighted by atomic mass is 10.1. The summed E-state index contributed by atoms with van der Waals surface area (Å²) in [5.41, 5.74) is 1.34. The molecule has 3 rings (SSSR count). The van der Waals surface area contributed by atoms with Crippen molar-refractivity contribution in [3.05, 3.63) is 56.9 Å². The molecule has 1 aliphatic heterocycles. The number of aromatic hydroxyl groups is 1. The summed E-state index contributed by atoms with van der Waals surface area (Å²) >= 11 is 0. The molecule has 7 heteroatoms. The number of benzene rings is 1. The molecule has 0 saturated carbocycles. The van der Waals surface area contributed by atoms with Crippen molar-refractivity contribution < 1.29 is 9.90 Å². The molecule has 2 aromatic rings. The third-order valence-corrected chi connectivity index (χ3v) is 5.07. The lowest BCUT2D eigenvalue weighted by Crippen LogP contribution is -2.35. The number of piperidine rings is 1. The largest absolute Gasteiger partial charge is 0.494 e. The van der Waals surface area contributed by atoms with E-state index in [1.807, 2.05) is 11.0 Å². The Morgan fingerprint density at radius 1 is 1.21 bits per heavy atom. The van der Waals surface area contributed by atoms with Crippen LogP contribution in [-0.2, 0) is 7.05 Å². The number of carbonyl (C=O) groups excluding carboxylic acids is 1. The average Bonchev–Trinajstić information content (AvgIpc) is 2.73. The van der Waals surface area contributed by atoms with Crippen LogP contribution in [0.15, 0.2) is 34.1 Å². The molecule has 1 aromatic heterocycles. The van der Waals surface area contributed by atoms with Crippen LogP contribution in [0.25, 0.3) is 0 Å². The molecule has 1 amide bonds. The van der Waals surface area contributed by atoms with Crippen molar-refractivity contribution in [1.82, 2.24) is 9.47 Å². The molecule has 0 aliphatic carbocycles. The summed E-state index contributed by atoms with van der Waals surface area (Å²) in [7, 11) is 1.40. The number of amides is 1. The summed E-state index contributed by atoms with van der Waals surface area (Å²) in [4.78, 5) is 30.7. The summed E-state index contributed by atoms with van der Waals surface area (Å²) in [6, 6.07) is 8.80. The first kappa shape index (κ1) is 19.4. The lowest BCUT2D eigenvalue weighted by molar-refractivity contribution is 0.0724. The van der Waals surface area contributed by atoms with Crippen molar-refractivity contribution in [3.8, 4) is 11.9 Å². The van der Waals surface area contributed by atoms with Crippen LogP contribution >= 0.6 is 0 Å². The smallest absolute Gasteiger partial charge is 0.271 e. The van der Waals surface area contributed by atoms with Crippen molar-refractivity contribution >= 4 is 17.8 Å². The number of carbonyl (C=O) groups is 1. The Morgan fingerprint density at radius 2 is 1.86 bits per heavy atom. The molecule has 0 bridgehead atoms. The van der Waals surface area contributed by atoms with Gasteiger partial charge in [-0.2, -0.15) is 5.26 Å². The van der Waals surface area contributed by atoms with Crippen molar-refractivity contribution in [2.75, 3.05) is 13.1 Å². The van der Waals surface area contributed by atoms with Gasteiger partial charge in [-0.15, -0.1) is 0 Å². The maximum absolute atomic E-state index is 12.5. The fourth-order valence-electron chi connectivity index (χ4n) is 3.30. The second-order valence-corrected chi connectivity index (χ2v) is 6.87. The van der Waals surface area contributed by atoms with Crippen LogP contribution in [0.2, 0.25) is 0 Å². The molecule has 0 unspecified atom stereocenters. The van der Waals surface area contributed by atoms with Gasteiger partial charge in [0.15, 0.2) is 0 Å². The minimum absolute atomic E-state index is 0.0239. The lowest BCUT2D eigenvalue weighted by Gasteiger charge is -2.26. The second-order valence-electron chi connectivity index (χ2n) is 6.87. The number of nitriles is 1. The van der Waals surface area contributed by atoms with Crippen LogP contribution in [0.1, 0.15) is 46.3 Å². The Morgan fingerprint density at radius 3 is 2.46 bits per heavy atom. The van der Waals surface area contributed by atoms with Gasteiger partial charge in [0.25, 0.3) is 11.5 Å². The molecule has 144 valence electrons. The number of nitrogens with zero attached hydrogens (tertiary/aromatic N) is 4. The zero-order valence-corrected chi connectivity index (χ0v) is 16.0. The summed E-state index contributed by atoms with van der Waals surface area (Å²) in [5, 5.41) is 19.4. The normalized spacial score (nSPS) is 14.2. The minimum Gasteiger partial charge on any atom is -0.494 e. The van der Waals surface area contributed by atoms with Gasteiger partial charge in [-0.25, -0.2) is 0 Å². The van der Waals surface area contributed by atoms with Gasteiger partial charge in [-0.1, -0.05) is 0 Å². The molecule has 28 heavy (non-hydrogen) atoms. The van der Waals surface area contributed by atoms with Gasteiger partial charge in [0, 0.05) is 31.9 Å². The Labute approximate surface area is 163 Å². The number of aromatic nitrogens is 1. The molecule has 0 radical (unpaired) electrons. The number of rotatable bonds is 3. The number of aliphatic imine (C=N–C) groups is 1. The van der Waals surface area contributed by atoms with E-state index < -0.39 is 5.56 Å². The van der Waals surface area contributed by atoms with E-state index in [1.165, 1.54) is 19.7 Å². The number of hydrogen-bond acceptors (Lipinski definition) is 5. The van der Waals surface area contributed by atoms with Crippen LogP contribution in [0.5, 0.6) is 5.88 Å². The predicted octanol–water partition coefficient (Wildman–Crippen LogP) is 2.65. The highest BCUT2D eigenvalue weighted by atomic mass is 16.3. The molecule has 2 heterocycles. The van der Waals surface area contributed by atoms with Crippen molar-refractivity contribution in [1.29, 1.82) is 5.26 Å². The molecule has 1 aliphatic rings. The van der Waals surface area contributed by atoms with Crippen molar-refractivity contribution in [2.24, 2.45) is 12.0 Å². The molecule has 0 spiro atoms. The van der Waals surface area contributed by atoms with Crippen LogP contribution in [0, 0.1) is 18.3 Å². The first-order chi connectivity index (χ1) is 13.4. The Balaban J connectivity index is 1.84. The van der Waals surface area contributed by atoms with Gasteiger partial charge in [0.1, 0.15) is 11.6 Å². The van der Waals surface area contributed by atoms with Crippen molar-refractivity contribution in [2.45, 2.75) is 26.2 Å². The summed E-state index contributed by atoms with van der Waals surface area (Å²) in [5.74, 6) is -0.220. The molecular weight excluding hydrogens is 356 g/mol. The predicted molar refractivity (Wildman–Crippen MR) is 106 cm³/mol. The van der Waals surface area contributed by atoms with E-state index in [0.29, 0.717) is 22.4 Å². The van der Waals surface area contributed by atoms with Crippen LogP contribution in [-0.4, -0.2) is 39.8 Å². The van der Waals surface area contributed by atoms with Crippen molar-refractivity contribution in [3.63, 3.8) is 0 Å². The van der Waals surface area contributed by atoms with Gasteiger partial charge in [0.05, 0.1) is 11.3 Å². The Kier molecular flexibility index (Phi) is 5.59. The topological polar surface area (TPSA) is 98.7 Å². The zero-order valence-electron chi connectivity index (χ0n) is 16.0. The summed E-state index contributed by atoms with van der Waals surface area (Å²) < 4.78 is 1.02. The van der Waals surface area contributed by atoms with E-state index in [-0.39, 0.29) is 17.4 Å². The van der Waals surface area contributed by atoms with E-state index in [0.717, 1.165) is 30.5 Å².